The molecule has 0 aliphatic rings. The van der Waals surface area contributed by atoms with Crippen LogP contribution in [0.25, 0.3) is 11.1 Å². The van der Waals surface area contributed by atoms with Crippen molar-refractivity contribution in [1.29, 1.82) is 0 Å². The van der Waals surface area contributed by atoms with Crippen LogP contribution in [0.5, 0.6) is 0 Å². The summed E-state index contributed by atoms with van der Waals surface area (Å²) in [5.41, 5.74) is 2.00. The number of hydrogen-bond acceptors (Lipinski definition) is 4. The lowest BCUT2D eigenvalue weighted by Gasteiger charge is -2.05. The van der Waals surface area contributed by atoms with Gasteiger partial charge in [0.1, 0.15) is 0 Å². The predicted molar refractivity (Wildman–Crippen MR) is 84.4 cm³/mol. The standard InChI is InChI=1S/C12H12Br2O2S2/c1-5-11(13)9(7(3-15)17-5)10-8(4-16)18-6(2)12(10)14/h15-16H,3-4H2,1-2H3. The van der Waals surface area contributed by atoms with E-state index < -0.39 is 0 Å². The topological polar surface area (TPSA) is 40.5 Å². The highest BCUT2D eigenvalue weighted by Crippen LogP contribution is 2.47. The summed E-state index contributed by atoms with van der Waals surface area (Å²) < 4.78 is 2.01. The number of aliphatic hydroxyl groups is 2. The molecule has 2 aromatic rings. The summed E-state index contributed by atoms with van der Waals surface area (Å²) in [6.07, 6.45) is 0. The largest absolute Gasteiger partial charge is 0.391 e. The van der Waals surface area contributed by atoms with E-state index >= 15 is 0 Å². The first-order valence-corrected chi connectivity index (χ1v) is 8.50. The lowest BCUT2D eigenvalue weighted by Crippen LogP contribution is -1.88. The van der Waals surface area contributed by atoms with Gasteiger partial charge >= 0.3 is 0 Å². The van der Waals surface area contributed by atoms with Gasteiger partial charge in [0.05, 0.1) is 13.2 Å². The van der Waals surface area contributed by atoms with E-state index in [4.69, 9.17) is 0 Å². The highest BCUT2D eigenvalue weighted by atomic mass is 79.9. The molecule has 6 heteroatoms. The van der Waals surface area contributed by atoms with Crippen LogP contribution in [0.1, 0.15) is 19.5 Å². The quantitative estimate of drug-likeness (QED) is 0.774. The monoisotopic (exact) mass is 410 g/mol. The van der Waals surface area contributed by atoms with Gasteiger partial charge in [-0.25, -0.2) is 0 Å². The molecule has 0 aromatic carbocycles. The zero-order chi connectivity index (χ0) is 13.4. The number of hydrogen-bond donors (Lipinski definition) is 2. The molecule has 0 aliphatic carbocycles. The third kappa shape index (κ3) is 2.34. The minimum atomic E-state index is 0.0125. The van der Waals surface area contributed by atoms with Crippen LogP contribution < -0.4 is 0 Å². The van der Waals surface area contributed by atoms with Gasteiger partial charge < -0.3 is 10.2 Å². The van der Waals surface area contributed by atoms with Crippen molar-refractivity contribution in [1.82, 2.24) is 0 Å². The Kier molecular flexibility index (Phi) is 4.67. The van der Waals surface area contributed by atoms with Crippen LogP contribution in [-0.2, 0) is 13.2 Å². The Morgan fingerprint density at radius 1 is 0.833 bits per heavy atom. The van der Waals surface area contributed by atoms with E-state index in [2.05, 4.69) is 31.9 Å². The van der Waals surface area contributed by atoms with Crippen molar-refractivity contribution < 1.29 is 10.2 Å². The highest BCUT2D eigenvalue weighted by molar-refractivity contribution is 9.11. The van der Waals surface area contributed by atoms with E-state index in [1.165, 1.54) is 0 Å². The van der Waals surface area contributed by atoms with Crippen molar-refractivity contribution in [2.45, 2.75) is 27.1 Å². The third-order valence-corrected chi connectivity index (χ3v) is 7.39. The molecule has 0 amide bonds. The zero-order valence-electron chi connectivity index (χ0n) is 9.88. The third-order valence-electron chi connectivity index (χ3n) is 2.70. The summed E-state index contributed by atoms with van der Waals surface area (Å²) in [6.45, 7) is 4.06. The fraction of sp³-hybridized carbons (Fsp3) is 0.333. The van der Waals surface area contributed by atoms with Crippen molar-refractivity contribution in [2.24, 2.45) is 0 Å². The molecule has 2 aromatic heterocycles. The average Bonchev–Trinajstić information content (AvgIpc) is 2.79. The minimum absolute atomic E-state index is 0.0125. The molecular formula is C12H12Br2O2S2. The number of aliphatic hydroxyl groups excluding tert-OH is 2. The molecule has 2 N–H and O–H groups in total. The van der Waals surface area contributed by atoms with Crippen LogP contribution in [-0.4, -0.2) is 10.2 Å². The van der Waals surface area contributed by atoms with Gasteiger partial charge in [0.25, 0.3) is 0 Å². The van der Waals surface area contributed by atoms with E-state index in [-0.39, 0.29) is 13.2 Å². The molecule has 2 nitrogen and oxygen atoms in total. The Labute approximate surface area is 131 Å². The van der Waals surface area contributed by atoms with E-state index in [1.807, 2.05) is 13.8 Å². The molecule has 0 radical (unpaired) electrons. The van der Waals surface area contributed by atoms with Crippen molar-refractivity contribution in [3.8, 4) is 11.1 Å². The van der Waals surface area contributed by atoms with Crippen LogP contribution in [0.4, 0.5) is 0 Å². The van der Waals surface area contributed by atoms with E-state index in [1.54, 1.807) is 22.7 Å². The fourth-order valence-corrected chi connectivity index (χ4v) is 5.37. The van der Waals surface area contributed by atoms with Crippen molar-refractivity contribution >= 4 is 54.5 Å². The van der Waals surface area contributed by atoms with Gasteiger partial charge in [-0.3, -0.25) is 0 Å². The SMILES string of the molecule is Cc1sc(CO)c(-c2c(CO)sc(C)c2Br)c1Br. The Hall–Kier alpha value is 0.280. The zero-order valence-corrected chi connectivity index (χ0v) is 14.7. The van der Waals surface area contributed by atoms with Gasteiger partial charge in [0.15, 0.2) is 0 Å². The predicted octanol–water partition coefficient (Wildman–Crippen LogP) is 4.60. The molecular weight excluding hydrogens is 400 g/mol. The number of halogens is 2. The molecule has 0 unspecified atom stereocenters. The second-order valence-electron chi connectivity index (χ2n) is 3.86. The molecule has 2 heterocycles. The lowest BCUT2D eigenvalue weighted by atomic mass is 10.1. The first-order chi connectivity index (χ1) is 8.51. The van der Waals surface area contributed by atoms with Crippen molar-refractivity contribution in [3.63, 3.8) is 0 Å². The van der Waals surface area contributed by atoms with Crippen LogP contribution >= 0.6 is 54.5 Å². The van der Waals surface area contributed by atoms with Crippen molar-refractivity contribution in [3.05, 3.63) is 28.5 Å². The second kappa shape index (κ2) is 5.73. The van der Waals surface area contributed by atoms with Crippen LogP contribution in [0.3, 0.4) is 0 Å². The summed E-state index contributed by atoms with van der Waals surface area (Å²) in [6, 6.07) is 0. The molecule has 0 saturated carbocycles. The van der Waals surface area contributed by atoms with Gasteiger partial charge in [0, 0.05) is 39.6 Å². The molecule has 0 bridgehead atoms. The van der Waals surface area contributed by atoms with Gasteiger partial charge in [0.2, 0.25) is 0 Å². The lowest BCUT2D eigenvalue weighted by molar-refractivity contribution is 0.284. The maximum Gasteiger partial charge on any atom is 0.0781 e. The normalized spacial score (nSPS) is 11.2. The molecule has 0 fully saturated rings. The molecule has 0 spiro atoms. The molecule has 2 rings (SSSR count). The van der Waals surface area contributed by atoms with Gasteiger partial charge in [-0.1, -0.05) is 0 Å². The van der Waals surface area contributed by atoms with Gasteiger partial charge in [-0.05, 0) is 45.7 Å². The van der Waals surface area contributed by atoms with E-state index in [0.29, 0.717) is 0 Å². The molecule has 0 atom stereocenters. The summed E-state index contributed by atoms with van der Waals surface area (Å²) in [5, 5.41) is 19.0. The maximum atomic E-state index is 9.49. The maximum absolute atomic E-state index is 9.49. The van der Waals surface area contributed by atoms with Crippen molar-refractivity contribution in [2.75, 3.05) is 0 Å². The van der Waals surface area contributed by atoms with Crippen LogP contribution in [0.2, 0.25) is 0 Å². The first-order valence-electron chi connectivity index (χ1n) is 5.28. The second-order valence-corrected chi connectivity index (χ2v) is 8.06. The summed E-state index contributed by atoms with van der Waals surface area (Å²) in [7, 11) is 0. The summed E-state index contributed by atoms with van der Waals surface area (Å²) >= 11 is 10.3. The number of rotatable bonds is 3. The summed E-state index contributed by atoms with van der Waals surface area (Å²) in [4.78, 5) is 4.11. The van der Waals surface area contributed by atoms with Gasteiger partial charge in [-0.15, -0.1) is 22.7 Å². The minimum Gasteiger partial charge on any atom is -0.391 e. The Balaban J connectivity index is 2.76. The fourth-order valence-electron chi connectivity index (χ4n) is 1.88. The first kappa shape index (κ1) is 14.7. The average molecular weight is 412 g/mol. The van der Waals surface area contributed by atoms with Crippen LogP contribution in [0.15, 0.2) is 8.95 Å². The van der Waals surface area contributed by atoms with Crippen LogP contribution in [0, 0.1) is 13.8 Å². The van der Waals surface area contributed by atoms with E-state index in [9.17, 15) is 10.2 Å². The molecule has 98 valence electrons. The van der Waals surface area contributed by atoms with E-state index in [0.717, 1.165) is 39.6 Å². The van der Waals surface area contributed by atoms with Gasteiger partial charge in [-0.2, -0.15) is 0 Å². The Morgan fingerprint density at radius 3 is 1.44 bits per heavy atom. The smallest absolute Gasteiger partial charge is 0.0781 e. The highest BCUT2D eigenvalue weighted by Gasteiger charge is 2.22. The summed E-state index contributed by atoms with van der Waals surface area (Å²) in [5.74, 6) is 0. The molecule has 0 aliphatic heterocycles. The molecule has 18 heavy (non-hydrogen) atoms. The molecule has 0 saturated heterocycles. The Bertz CT molecular complexity index is 535. The number of thiophene rings is 2. The Morgan fingerprint density at radius 2 is 1.17 bits per heavy atom. The number of aryl methyl sites for hydroxylation is 2.